The van der Waals surface area contributed by atoms with Crippen molar-refractivity contribution in [3.8, 4) is 0 Å². The summed E-state index contributed by atoms with van der Waals surface area (Å²) in [6, 6.07) is 0. The third-order valence-corrected chi connectivity index (χ3v) is 4.72. The molecule has 1 saturated heterocycles. The van der Waals surface area contributed by atoms with Crippen LogP contribution >= 0.6 is 12.2 Å². The standard InChI is InChI=1S/C16H22N4O4S/c21-11(5-3-1-2-4-6-25)14-12(22)13(23)16(24-14)20-9-19-10-7-17-8-18-15(10)20/h6-9,11-14,16,21-23H,1-5H2/t11?,12-,13+,14+,16+/m0/s1. The van der Waals surface area contributed by atoms with Crippen molar-refractivity contribution in [2.45, 2.75) is 62.7 Å². The quantitative estimate of drug-likeness (QED) is 0.463. The minimum Gasteiger partial charge on any atom is -0.390 e. The van der Waals surface area contributed by atoms with Crippen LogP contribution in [0.2, 0.25) is 0 Å². The number of aromatic nitrogens is 4. The van der Waals surface area contributed by atoms with E-state index < -0.39 is 30.6 Å². The third-order valence-electron chi connectivity index (χ3n) is 4.49. The molecule has 1 fully saturated rings. The maximum atomic E-state index is 10.4. The summed E-state index contributed by atoms with van der Waals surface area (Å²) in [5.41, 5.74) is 1.07. The average Bonchev–Trinajstić information content (AvgIpc) is 3.17. The normalized spacial score (nSPS) is 27.6. The summed E-state index contributed by atoms with van der Waals surface area (Å²) in [4.78, 5) is 12.2. The van der Waals surface area contributed by atoms with Crippen molar-refractivity contribution in [3.63, 3.8) is 0 Å². The highest BCUT2D eigenvalue weighted by Gasteiger charge is 2.47. The van der Waals surface area contributed by atoms with E-state index in [0.29, 0.717) is 17.6 Å². The number of aliphatic hydroxyl groups is 3. The molecule has 0 bridgehead atoms. The Kier molecular flexibility index (Phi) is 6.02. The SMILES string of the molecule is OC(CCCCCC=S)[C@H]1O[C@@H](n2cnc3cncnc32)[C@H](O)[C@@H]1O. The van der Waals surface area contributed by atoms with Crippen LogP contribution in [-0.2, 0) is 4.74 Å². The fraction of sp³-hybridized carbons (Fsp3) is 0.625. The van der Waals surface area contributed by atoms with Crippen molar-refractivity contribution in [2.75, 3.05) is 0 Å². The van der Waals surface area contributed by atoms with Gasteiger partial charge in [0, 0.05) is 0 Å². The summed E-state index contributed by atoms with van der Waals surface area (Å²) in [5.74, 6) is 0. The van der Waals surface area contributed by atoms with Crippen LogP contribution in [0, 0.1) is 0 Å². The molecule has 3 N–H and O–H groups in total. The molecule has 9 heteroatoms. The molecule has 0 saturated carbocycles. The number of hydrogen-bond donors (Lipinski definition) is 3. The Morgan fingerprint density at radius 2 is 2.08 bits per heavy atom. The average molecular weight is 366 g/mol. The summed E-state index contributed by atoms with van der Waals surface area (Å²) >= 11 is 4.78. The molecule has 3 rings (SSSR count). The lowest BCUT2D eigenvalue weighted by atomic mass is 10.0. The van der Waals surface area contributed by atoms with Crippen molar-refractivity contribution in [1.29, 1.82) is 0 Å². The van der Waals surface area contributed by atoms with E-state index in [0.717, 1.165) is 25.7 Å². The number of thiocarbonyl (C=S) groups is 1. The predicted molar refractivity (Wildman–Crippen MR) is 94.0 cm³/mol. The van der Waals surface area contributed by atoms with E-state index in [-0.39, 0.29) is 0 Å². The molecular weight excluding hydrogens is 344 g/mol. The summed E-state index contributed by atoms with van der Waals surface area (Å²) in [7, 11) is 0. The van der Waals surface area contributed by atoms with Crippen LogP contribution in [-0.4, -0.2) is 64.6 Å². The first-order valence-corrected chi connectivity index (χ1v) is 8.86. The zero-order valence-electron chi connectivity index (χ0n) is 13.7. The summed E-state index contributed by atoms with van der Waals surface area (Å²) in [6.07, 6.45) is 3.60. The van der Waals surface area contributed by atoms with Gasteiger partial charge in [0.15, 0.2) is 11.9 Å². The third kappa shape index (κ3) is 3.85. The second kappa shape index (κ2) is 8.24. The van der Waals surface area contributed by atoms with Gasteiger partial charge < -0.3 is 20.1 Å². The molecule has 3 heterocycles. The van der Waals surface area contributed by atoms with Gasteiger partial charge in [-0.1, -0.05) is 25.1 Å². The Morgan fingerprint density at radius 3 is 2.88 bits per heavy atom. The molecule has 5 atom stereocenters. The number of unbranched alkanes of at least 4 members (excludes halogenated alkanes) is 3. The van der Waals surface area contributed by atoms with Crippen molar-refractivity contribution in [1.82, 2.24) is 19.5 Å². The van der Waals surface area contributed by atoms with E-state index in [1.165, 1.54) is 12.7 Å². The molecule has 0 aliphatic carbocycles. The summed E-state index contributed by atoms with van der Waals surface area (Å²) < 4.78 is 7.32. The highest BCUT2D eigenvalue weighted by molar-refractivity contribution is 7.78. The monoisotopic (exact) mass is 366 g/mol. The maximum absolute atomic E-state index is 10.4. The molecule has 2 aromatic rings. The van der Waals surface area contributed by atoms with Crippen molar-refractivity contribution in [2.24, 2.45) is 0 Å². The second-order valence-electron chi connectivity index (χ2n) is 6.23. The Bertz CT molecular complexity index is 712. The van der Waals surface area contributed by atoms with Gasteiger partial charge in [0.2, 0.25) is 0 Å². The van der Waals surface area contributed by atoms with Crippen LogP contribution in [0.25, 0.3) is 11.2 Å². The van der Waals surface area contributed by atoms with Gasteiger partial charge in [0.25, 0.3) is 0 Å². The lowest BCUT2D eigenvalue weighted by Gasteiger charge is -2.21. The summed E-state index contributed by atoms with van der Waals surface area (Å²) in [6.45, 7) is 0. The number of rotatable bonds is 8. The van der Waals surface area contributed by atoms with E-state index in [1.54, 1.807) is 16.1 Å². The maximum Gasteiger partial charge on any atom is 0.165 e. The van der Waals surface area contributed by atoms with Crippen LogP contribution in [0.3, 0.4) is 0 Å². The first kappa shape index (κ1) is 18.3. The fourth-order valence-electron chi connectivity index (χ4n) is 3.13. The molecule has 0 radical (unpaired) electrons. The lowest BCUT2D eigenvalue weighted by molar-refractivity contribution is -0.0858. The molecule has 0 aromatic carbocycles. The van der Waals surface area contributed by atoms with Gasteiger partial charge in [-0.3, -0.25) is 4.57 Å². The number of aliphatic hydroxyl groups excluding tert-OH is 3. The smallest absolute Gasteiger partial charge is 0.165 e. The predicted octanol–water partition coefficient (Wildman–Crippen LogP) is 0.757. The molecule has 1 aliphatic rings. The Labute approximate surface area is 150 Å². The van der Waals surface area contributed by atoms with Crippen LogP contribution in [0.1, 0.15) is 38.3 Å². The minimum atomic E-state index is -1.18. The first-order valence-electron chi connectivity index (χ1n) is 8.39. The van der Waals surface area contributed by atoms with Crippen LogP contribution < -0.4 is 0 Å². The lowest BCUT2D eigenvalue weighted by Crippen LogP contribution is -2.38. The first-order chi connectivity index (χ1) is 12.1. The van der Waals surface area contributed by atoms with Crippen LogP contribution in [0.4, 0.5) is 0 Å². The van der Waals surface area contributed by atoms with Crippen LogP contribution in [0.5, 0.6) is 0 Å². The van der Waals surface area contributed by atoms with Gasteiger partial charge in [-0.15, -0.1) is 0 Å². The molecule has 136 valence electrons. The molecule has 0 spiro atoms. The topological polar surface area (TPSA) is 114 Å². The minimum absolute atomic E-state index is 0.492. The Hall–Kier alpha value is -1.52. The van der Waals surface area contributed by atoms with Gasteiger partial charge >= 0.3 is 0 Å². The van der Waals surface area contributed by atoms with Gasteiger partial charge in [-0.05, 0) is 24.6 Å². The molecule has 2 aromatic heterocycles. The van der Waals surface area contributed by atoms with E-state index in [4.69, 9.17) is 17.0 Å². The Morgan fingerprint density at radius 1 is 1.24 bits per heavy atom. The number of imidazole rings is 1. The molecule has 25 heavy (non-hydrogen) atoms. The largest absolute Gasteiger partial charge is 0.390 e. The number of hydrogen-bond acceptors (Lipinski definition) is 8. The van der Waals surface area contributed by atoms with Gasteiger partial charge in [0.05, 0.1) is 18.6 Å². The molecule has 8 nitrogen and oxygen atoms in total. The van der Waals surface area contributed by atoms with Crippen molar-refractivity contribution >= 4 is 28.7 Å². The molecular formula is C16H22N4O4S. The van der Waals surface area contributed by atoms with Gasteiger partial charge in [-0.2, -0.15) is 0 Å². The molecule has 1 aliphatic heterocycles. The number of fused-ring (bicyclic) bond motifs is 1. The van der Waals surface area contributed by atoms with Gasteiger partial charge in [0.1, 0.15) is 30.2 Å². The van der Waals surface area contributed by atoms with E-state index in [9.17, 15) is 15.3 Å². The van der Waals surface area contributed by atoms with E-state index in [2.05, 4.69) is 15.0 Å². The molecule has 0 amide bonds. The highest BCUT2D eigenvalue weighted by Crippen LogP contribution is 2.33. The van der Waals surface area contributed by atoms with Crippen molar-refractivity contribution in [3.05, 3.63) is 18.9 Å². The summed E-state index contributed by atoms with van der Waals surface area (Å²) in [5, 5.41) is 32.7. The zero-order chi connectivity index (χ0) is 17.8. The van der Waals surface area contributed by atoms with E-state index in [1.807, 2.05) is 0 Å². The van der Waals surface area contributed by atoms with Gasteiger partial charge in [-0.25, -0.2) is 15.0 Å². The fourth-order valence-corrected chi connectivity index (χ4v) is 3.29. The van der Waals surface area contributed by atoms with Crippen molar-refractivity contribution < 1.29 is 20.1 Å². The number of ether oxygens (including phenoxy) is 1. The molecule has 1 unspecified atom stereocenters. The van der Waals surface area contributed by atoms with Crippen LogP contribution in [0.15, 0.2) is 18.9 Å². The number of nitrogens with zero attached hydrogens (tertiary/aromatic N) is 4. The highest BCUT2D eigenvalue weighted by atomic mass is 32.1. The second-order valence-corrected chi connectivity index (χ2v) is 6.56. The zero-order valence-corrected chi connectivity index (χ0v) is 14.5. The Balaban J connectivity index is 1.65. The van der Waals surface area contributed by atoms with E-state index >= 15 is 0 Å².